The van der Waals surface area contributed by atoms with Crippen LogP contribution in [0.2, 0.25) is 0 Å². The van der Waals surface area contributed by atoms with Gasteiger partial charge in [-0.3, -0.25) is 0 Å². The minimum absolute atomic E-state index is 0.0467. The van der Waals surface area contributed by atoms with E-state index >= 15 is 0 Å². The van der Waals surface area contributed by atoms with Crippen molar-refractivity contribution in [1.82, 2.24) is 8.87 Å². The van der Waals surface area contributed by atoms with Gasteiger partial charge in [0.2, 0.25) is 10.0 Å². The highest BCUT2D eigenvalue weighted by Gasteiger charge is 2.30. The summed E-state index contributed by atoms with van der Waals surface area (Å²) < 4.78 is 33.9. The number of ether oxygens (including phenoxy) is 1. The molecule has 27 heavy (non-hydrogen) atoms. The lowest BCUT2D eigenvalue weighted by Crippen LogP contribution is -2.36. The van der Waals surface area contributed by atoms with Crippen LogP contribution < -0.4 is 5.73 Å². The van der Waals surface area contributed by atoms with Gasteiger partial charge >= 0.3 is 5.97 Å². The van der Waals surface area contributed by atoms with E-state index in [1.54, 1.807) is 18.2 Å². The molecule has 1 fully saturated rings. The maximum absolute atomic E-state index is 13.2. The first kappa shape index (κ1) is 18.9. The number of nitrogens with two attached hydrogens (primary N) is 1. The molecule has 1 saturated heterocycles. The highest BCUT2D eigenvalue weighted by Crippen LogP contribution is 2.30. The predicted octanol–water partition coefficient (Wildman–Crippen LogP) is 1.89. The third-order valence-electron chi connectivity index (χ3n) is 4.60. The normalized spacial score (nSPS) is 15.3. The lowest BCUT2D eigenvalue weighted by Gasteiger charge is -2.27. The van der Waals surface area contributed by atoms with E-state index in [-0.39, 0.29) is 27.5 Å². The number of benzene rings is 1. The van der Waals surface area contributed by atoms with Crippen molar-refractivity contribution in [3.05, 3.63) is 41.7 Å². The number of nitriles is 1. The maximum Gasteiger partial charge on any atom is 0.357 e. The standard InChI is InChI=1S/C18H20N4O4S/c1-26-18(23)17-16(20)13(11-19)12-22(17)14-7-3-4-8-15(14)27(24,25)21-9-5-2-6-10-21/h3-4,7-8,12H,2,5-6,9-10,20H2,1H3. The fraction of sp³-hybridized carbons (Fsp3) is 0.333. The third kappa shape index (κ3) is 3.29. The van der Waals surface area contributed by atoms with Crippen LogP contribution in [0.5, 0.6) is 0 Å². The number of piperidine rings is 1. The molecular formula is C18H20N4O4S. The molecule has 142 valence electrons. The van der Waals surface area contributed by atoms with Crippen LogP contribution in [0.3, 0.4) is 0 Å². The molecule has 0 unspecified atom stereocenters. The highest BCUT2D eigenvalue weighted by molar-refractivity contribution is 7.89. The summed E-state index contributed by atoms with van der Waals surface area (Å²) in [6, 6.07) is 8.26. The molecule has 1 aliphatic heterocycles. The van der Waals surface area contributed by atoms with Gasteiger partial charge in [-0.2, -0.15) is 9.57 Å². The first-order chi connectivity index (χ1) is 12.9. The molecule has 0 saturated carbocycles. The van der Waals surface area contributed by atoms with Crippen LogP contribution in [0.15, 0.2) is 35.4 Å². The number of rotatable bonds is 4. The van der Waals surface area contributed by atoms with Crippen molar-refractivity contribution in [2.45, 2.75) is 24.2 Å². The topological polar surface area (TPSA) is 118 Å². The van der Waals surface area contributed by atoms with E-state index in [2.05, 4.69) is 0 Å². The van der Waals surface area contributed by atoms with Gasteiger partial charge < -0.3 is 15.0 Å². The summed E-state index contributed by atoms with van der Waals surface area (Å²) >= 11 is 0. The molecule has 2 N–H and O–H groups in total. The molecule has 2 heterocycles. The minimum atomic E-state index is -3.76. The van der Waals surface area contributed by atoms with Crippen LogP contribution in [0.25, 0.3) is 5.69 Å². The van der Waals surface area contributed by atoms with Gasteiger partial charge in [0.25, 0.3) is 0 Å². The van der Waals surface area contributed by atoms with E-state index in [0.717, 1.165) is 19.3 Å². The molecule has 1 aromatic carbocycles. The molecular weight excluding hydrogens is 368 g/mol. The summed E-state index contributed by atoms with van der Waals surface area (Å²) in [6.45, 7) is 0.912. The smallest absolute Gasteiger partial charge is 0.357 e. The number of aromatic nitrogens is 1. The van der Waals surface area contributed by atoms with E-state index in [4.69, 9.17) is 10.5 Å². The van der Waals surface area contributed by atoms with E-state index in [0.29, 0.717) is 13.1 Å². The first-order valence-electron chi connectivity index (χ1n) is 8.50. The summed E-state index contributed by atoms with van der Waals surface area (Å²) in [7, 11) is -2.57. The Morgan fingerprint density at radius 1 is 1.22 bits per heavy atom. The zero-order valence-electron chi connectivity index (χ0n) is 14.9. The number of anilines is 1. The van der Waals surface area contributed by atoms with Gasteiger partial charge in [-0.15, -0.1) is 0 Å². The number of para-hydroxylation sites is 1. The van der Waals surface area contributed by atoms with Crippen LogP contribution >= 0.6 is 0 Å². The van der Waals surface area contributed by atoms with Crippen LogP contribution in [-0.4, -0.2) is 43.5 Å². The Morgan fingerprint density at radius 3 is 2.52 bits per heavy atom. The molecule has 8 nitrogen and oxygen atoms in total. The molecule has 2 aromatic rings. The number of hydrogen-bond acceptors (Lipinski definition) is 6. The Hall–Kier alpha value is -2.83. The van der Waals surface area contributed by atoms with Crippen molar-refractivity contribution in [1.29, 1.82) is 5.26 Å². The second kappa shape index (κ2) is 7.42. The first-order valence-corrected chi connectivity index (χ1v) is 9.94. The zero-order valence-corrected chi connectivity index (χ0v) is 15.7. The number of esters is 1. The second-order valence-electron chi connectivity index (χ2n) is 6.21. The van der Waals surface area contributed by atoms with E-state index in [1.165, 1.54) is 28.2 Å². The quantitative estimate of drug-likeness (QED) is 0.799. The number of nitrogen functional groups attached to an aromatic ring is 1. The van der Waals surface area contributed by atoms with Crippen molar-refractivity contribution >= 4 is 21.7 Å². The third-order valence-corrected chi connectivity index (χ3v) is 6.55. The van der Waals surface area contributed by atoms with Gasteiger partial charge in [0.1, 0.15) is 11.0 Å². The zero-order chi connectivity index (χ0) is 19.6. The van der Waals surface area contributed by atoms with Crippen LogP contribution in [-0.2, 0) is 14.8 Å². The molecule has 0 aliphatic carbocycles. The monoisotopic (exact) mass is 388 g/mol. The van der Waals surface area contributed by atoms with E-state index < -0.39 is 16.0 Å². The molecule has 0 spiro atoms. The van der Waals surface area contributed by atoms with E-state index in [1.807, 2.05) is 6.07 Å². The number of carbonyl (C=O) groups is 1. The van der Waals surface area contributed by atoms with Crippen LogP contribution in [0.4, 0.5) is 5.69 Å². The van der Waals surface area contributed by atoms with Gasteiger partial charge in [-0.25, -0.2) is 13.2 Å². The minimum Gasteiger partial charge on any atom is -0.464 e. The molecule has 3 rings (SSSR count). The molecule has 0 atom stereocenters. The Morgan fingerprint density at radius 2 is 1.89 bits per heavy atom. The van der Waals surface area contributed by atoms with Crippen molar-refractivity contribution in [3.63, 3.8) is 0 Å². The van der Waals surface area contributed by atoms with Crippen molar-refractivity contribution in [2.24, 2.45) is 0 Å². The fourth-order valence-corrected chi connectivity index (χ4v) is 4.92. The fourth-order valence-electron chi connectivity index (χ4n) is 3.22. The molecule has 1 aromatic heterocycles. The van der Waals surface area contributed by atoms with Crippen molar-refractivity contribution in [2.75, 3.05) is 25.9 Å². The highest BCUT2D eigenvalue weighted by atomic mass is 32.2. The lowest BCUT2D eigenvalue weighted by atomic mass is 10.2. The maximum atomic E-state index is 13.2. The number of methoxy groups -OCH3 is 1. The van der Waals surface area contributed by atoms with E-state index in [9.17, 15) is 18.5 Å². The number of nitrogens with zero attached hydrogens (tertiary/aromatic N) is 3. The van der Waals surface area contributed by atoms with Crippen molar-refractivity contribution < 1.29 is 17.9 Å². The summed E-state index contributed by atoms with van der Waals surface area (Å²) in [5.74, 6) is -0.751. The molecule has 1 aliphatic rings. The van der Waals surface area contributed by atoms with Gasteiger partial charge in [-0.1, -0.05) is 18.6 Å². The molecule has 9 heteroatoms. The molecule has 0 amide bonds. The van der Waals surface area contributed by atoms with Gasteiger partial charge in [-0.05, 0) is 25.0 Å². The van der Waals surface area contributed by atoms with Gasteiger partial charge in [0.15, 0.2) is 5.69 Å². The molecule has 0 bridgehead atoms. The Balaban J connectivity index is 2.21. The second-order valence-corrected chi connectivity index (χ2v) is 8.12. The number of sulfonamides is 1. The average molecular weight is 388 g/mol. The summed E-state index contributed by atoms with van der Waals surface area (Å²) in [5.41, 5.74) is 6.12. The Kier molecular flexibility index (Phi) is 5.21. The van der Waals surface area contributed by atoms with Crippen LogP contribution in [0.1, 0.15) is 35.3 Å². The summed E-state index contributed by atoms with van der Waals surface area (Å²) in [5, 5.41) is 9.27. The van der Waals surface area contributed by atoms with Gasteiger partial charge in [0.05, 0.1) is 24.0 Å². The summed E-state index contributed by atoms with van der Waals surface area (Å²) in [4.78, 5) is 12.3. The lowest BCUT2D eigenvalue weighted by molar-refractivity contribution is 0.0593. The largest absolute Gasteiger partial charge is 0.464 e. The Bertz CT molecular complexity index is 1010. The summed E-state index contributed by atoms with van der Waals surface area (Å²) in [6.07, 6.45) is 3.97. The number of carbonyl (C=O) groups excluding carboxylic acids is 1. The SMILES string of the molecule is COC(=O)c1c(N)c(C#N)cn1-c1ccccc1S(=O)(=O)N1CCCCC1. The van der Waals surface area contributed by atoms with Gasteiger partial charge in [0, 0.05) is 19.3 Å². The van der Waals surface area contributed by atoms with Crippen molar-refractivity contribution in [3.8, 4) is 11.8 Å². The molecule has 0 radical (unpaired) electrons. The average Bonchev–Trinajstić information content (AvgIpc) is 3.04. The predicted molar refractivity (Wildman–Crippen MR) is 98.8 cm³/mol. The van der Waals surface area contributed by atoms with Crippen LogP contribution in [0, 0.1) is 11.3 Å². The number of hydrogen-bond donors (Lipinski definition) is 1. The Labute approximate surface area is 157 Å².